The number of nitrogens with one attached hydrogen (secondary N) is 1. The Balaban J connectivity index is 2.25. The number of rotatable bonds is 5. The van der Waals surface area contributed by atoms with Gasteiger partial charge in [0.15, 0.2) is 0 Å². The third-order valence-electron chi connectivity index (χ3n) is 3.20. The first-order valence-corrected chi connectivity index (χ1v) is 7.07. The molecule has 0 saturated heterocycles. The number of nitrogens with zero attached hydrogens (tertiary/aromatic N) is 1. The predicted molar refractivity (Wildman–Crippen MR) is 83.7 cm³/mol. The van der Waals surface area contributed by atoms with Crippen LogP contribution >= 0.6 is 0 Å². The number of benzene rings is 1. The third-order valence-corrected chi connectivity index (χ3v) is 3.20. The minimum absolute atomic E-state index is 0.490. The molecule has 1 heterocycles. The Hall–Kier alpha value is -2.03. The molecule has 0 atom stereocenters. The number of anilines is 1. The summed E-state index contributed by atoms with van der Waals surface area (Å²) >= 11 is 0. The van der Waals surface area contributed by atoms with Gasteiger partial charge in [-0.2, -0.15) is 0 Å². The molecule has 0 bridgehead atoms. The molecule has 0 unspecified atom stereocenters. The molecule has 0 fully saturated rings. The van der Waals surface area contributed by atoms with Crippen molar-refractivity contribution >= 4 is 5.69 Å². The SMILES string of the molecule is CCNc1cncc(Oc2cc(C(C)C)ccc2C)c1. The van der Waals surface area contributed by atoms with Gasteiger partial charge in [-0.05, 0) is 37.0 Å². The molecule has 1 N–H and O–H groups in total. The van der Waals surface area contributed by atoms with Crippen molar-refractivity contribution < 1.29 is 4.74 Å². The van der Waals surface area contributed by atoms with Gasteiger partial charge in [-0.25, -0.2) is 0 Å². The van der Waals surface area contributed by atoms with Crippen LogP contribution in [0.4, 0.5) is 5.69 Å². The zero-order valence-corrected chi connectivity index (χ0v) is 12.6. The number of ether oxygens (including phenoxy) is 1. The fourth-order valence-electron chi connectivity index (χ4n) is 1.99. The second-order valence-corrected chi connectivity index (χ2v) is 5.22. The molecule has 0 spiro atoms. The van der Waals surface area contributed by atoms with E-state index in [9.17, 15) is 0 Å². The molecular formula is C17H22N2O. The Morgan fingerprint density at radius 1 is 1.20 bits per heavy atom. The summed E-state index contributed by atoms with van der Waals surface area (Å²) in [7, 11) is 0. The summed E-state index contributed by atoms with van der Waals surface area (Å²) in [6, 6.07) is 8.34. The Labute approximate surface area is 121 Å². The third kappa shape index (κ3) is 3.50. The molecule has 106 valence electrons. The van der Waals surface area contributed by atoms with E-state index in [1.807, 2.05) is 6.07 Å². The highest BCUT2D eigenvalue weighted by molar-refractivity contribution is 5.47. The second kappa shape index (κ2) is 6.42. The van der Waals surface area contributed by atoms with Crippen LogP contribution in [0, 0.1) is 6.92 Å². The molecule has 0 saturated carbocycles. The maximum absolute atomic E-state index is 5.98. The predicted octanol–water partition coefficient (Wildman–Crippen LogP) is 4.74. The maximum Gasteiger partial charge on any atom is 0.147 e. The van der Waals surface area contributed by atoms with Crippen LogP contribution in [0.15, 0.2) is 36.7 Å². The summed E-state index contributed by atoms with van der Waals surface area (Å²) < 4.78 is 5.98. The maximum atomic E-state index is 5.98. The molecule has 1 aromatic heterocycles. The van der Waals surface area contributed by atoms with Gasteiger partial charge in [-0.15, -0.1) is 0 Å². The van der Waals surface area contributed by atoms with E-state index in [1.165, 1.54) is 5.56 Å². The summed E-state index contributed by atoms with van der Waals surface area (Å²) in [6.07, 6.45) is 3.54. The smallest absolute Gasteiger partial charge is 0.147 e. The highest BCUT2D eigenvalue weighted by Gasteiger charge is 2.06. The van der Waals surface area contributed by atoms with Crippen LogP contribution in [0.3, 0.4) is 0 Å². The number of hydrogen-bond donors (Lipinski definition) is 1. The van der Waals surface area contributed by atoms with Crippen molar-refractivity contribution in [1.29, 1.82) is 0 Å². The highest BCUT2D eigenvalue weighted by Crippen LogP contribution is 2.29. The van der Waals surface area contributed by atoms with Crippen molar-refractivity contribution in [1.82, 2.24) is 4.98 Å². The number of pyridine rings is 1. The molecule has 0 radical (unpaired) electrons. The van der Waals surface area contributed by atoms with Crippen molar-refractivity contribution in [3.63, 3.8) is 0 Å². The zero-order chi connectivity index (χ0) is 14.5. The van der Waals surface area contributed by atoms with Crippen LogP contribution in [0.2, 0.25) is 0 Å². The minimum Gasteiger partial charge on any atom is -0.455 e. The van der Waals surface area contributed by atoms with E-state index in [4.69, 9.17) is 4.74 Å². The summed E-state index contributed by atoms with van der Waals surface area (Å²) in [5, 5.41) is 3.24. The lowest BCUT2D eigenvalue weighted by Crippen LogP contribution is -1.98. The van der Waals surface area contributed by atoms with Gasteiger partial charge >= 0.3 is 0 Å². The molecule has 3 heteroatoms. The van der Waals surface area contributed by atoms with E-state index in [1.54, 1.807) is 12.4 Å². The lowest BCUT2D eigenvalue weighted by Gasteiger charge is -2.13. The van der Waals surface area contributed by atoms with Crippen molar-refractivity contribution in [3.8, 4) is 11.5 Å². The molecule has 1 aromatic carbocycles. The van der Waals surface area contributed by atoms with Crippen LogP contribution in [-0.2, 0) is 0 Å². The average molecular weight is 270 g/mol. The van der Waals surface area contributed by atoms with Crippen molar-refractivity contribution in [2.75, 3.05) is 11.9 Å². The van der Waals surface area contributed by atoms with Crippen LogP contribution in [0.5, 0.6) is 11.5 Å². The van der Waals surface area contributed by atoms with Gasteiger partial charge in [-0.3, -0.25) is 4.98 Å². The first-order valence-electron chi connectivity index (χ1n) is 7.07. The summed E-state index contributed by atoms with van der Waals surface area (Å²) in [6.45, 7) is 9.35. The summed E-state index contributed by atoms with van der Waals surface area (Å²) in [5.74, 6) is 2.14. The molecule has 20 heavy (non-hydrogen) atoms. The molecule has 0 aliphatic rings. The monoisotopic (exact) mass is 270 g/mol. The Morgan fingerprint density at radius 2 is 2.00 bits per heavy atom. The Morgan fingerprint density at radius 3 is 2.70 bits per heavy atom. The van der Waals surface area contributed by atoms with Gasteiger partial charge in [0.25, 0.3) is 0 Å². The van der Waals surface area contributed by atoms with Gasteiger partial charge in [-0.1, -0.05) is 26.0 Å². The molecule has 3 nitrogen and oxygen atoms in total. The van der Waals surface area contributed by atoms with E-state index < -0.39 is 0 Å². The second-order valence-electron chi connectivity index (χ2n) is 5.22. The minimum atomic E-state index is 0.490. The van der Waals surface area contributed by atoms with Gasteiger partial charge in [0, 0.05) is 12.6 Å². The Kier molecular flexibility index (Phi) is 4.61. The van der Waals surface area contributed by atoms with Crippen molar-refractivity contribution in [3.05, 3.63) is 47.8 Å². The van der Waals surface area contributed by atoms with E-state index in [2.05, 4.69) is 56.2 Å². The topological polar surface area (TPSA) is 34.2 Å². The normalized spacial score (nSPS) is 10.7. The number of aryl methyl sites for hydroxylation is 1. The molecule has 0 amide bonds. The first kappa shape index (κ1) is 14.4. The molecule has 2 rings (SSSR count). The average Bonchev–Trinajstić information content (AvgIpc) is 2.42. The van der Waals surface area contributed by atoms with Crippen LogP contribution in [-0.4, -0.2) is 11.5 Å². The van der Waals surface area contributed by atoms with Crippen molar-refractivity contribution in [2.45, 2.75) is 33.6 Å². The van der Waals surface area contributed by atoms with E-state index in [-0.39, 0.29) is 0 Å². The van der Waals surface area contributed by atoms with E-state index in [0.717, 1.165) is 29.3 Å². The first-order chi connectivity index (χ1) is 9.60. The van der Waals surface area contributed by atoms with Gasteiger partial charge in [0.1, 0.15) is 11.5 Å². The largest absolute Gasteiger partial charge is 0.455 e. The summed E-state index contributed by atoms with van der Waals surface area (Å²) in [5.41, 5.74) is 3.38. The molecule has 2 aromatic rings. The lowest BCUT2D eigenvalue weighted by molar-refractivity contribution is 0.475. The van der Waals surface area contributed by atoms with Gasteiger partial charge in [0.05, 0.1) is 18.1 Å². The zero-order valence-electron chi connectivity index (χ0n) is 12.6. The van der Waals surface area contributed by atoms with Crippen LogP contribution in [0.25, 0.3) is 0 Å². The highest BCUT2D eigenvalue weighted by atomic mass is 16.5. The number of hydrogen-bond acceptors (Lipinski definition) is 3. The molecule has 0 aliphatic heterocycles. The fourth-order valence-corrected chi connectivity index (χ4v) is 1.99. The van der Waals surface area contributed by atoms with Gasteiger partial charge in [0.2, 0.25) is 0 Å². The molecular weight excluding hydrogens is 248 g/mol. The van der Waals surface area contributed by atoms with E-state index >= 15 is 0 Å². The van der Waals surface area contributed by atoms with Crippen molar-refractivity contribution in [2.24, 2.45) is 0 Å². The standard InChI is InChI=1S/C17H22N2O/c1-5-19-15-9-16(11-18-10-15)20-17-8-14(12(2)3)7-6-13(17)4/h6-12,19H,5H2,1-4H3. The lowest BCUT2D eigenvalue weighted by atomic mass is 10.0. The van der Waals surface area contributed by atoms with Crippen LogP contribution in [0.1, 0.15) is 37.8 Å². The number of aromatic nitrogens is 1. The summed E-state index contributed by atoms with van der Waals surface area (Å²) in [4.78, 5) is 4.20. The Bertz CT molecular complexity index is 579. The molecule has 0 aliphatic carbocycles. The van der Waals surface area contributed by atoms with E-state index in [0.29, 0.717) is 5.92 Å². The fraction of sp³-hybridized carbons (Fsp3) is 0.353. The quantitative estimate of drug-likeness (QED) is 0.852. The van der Waals surface area contributed by atoms with Gasteiger partial charge < -0.3 is 10.1 Å². The van der Waals surface area contributed by atoms with Crippen LogP contribution < -0.4 is 10.1 Å².